The lowest BCUT2D eigenvalue weighted by molar-refractivity contribution is -0.140. The SMILES string of the molecule is CNOCCCCNC(=O)CCC(NC=O)C(=O)O. The zero-order chi connectivity index (χ0) is 14.5. The highest BCUT2D eigenvalue weighted by Gasteiger charge is 2.17. The van der Waals surface area contributed by atoms with Crippen molar-refractivity contribution in [3.8, 4) is 0 Å². The second-order valence-electron chi connectivity index (χ2n) is 3.82. The number of carbonyl (C=O) groups is 3. The lowest BCUT2D eigenvalue weighted by Gasteiger charge is -2.10. The highest BCUT2D eigenvalue weighted by atomic mass is 16.6. The zero-order valence-corrected chi connectivity index (χ0v) is 11.0. The van der Waals surface area contributed by atoms with E-state index in [1.807, 2.05) is 0 Å². The molecule has 0 aromatic carbocycles. The van der Waals surface area contributed by atoms with Gasteiger partial charge < -0.3 is 20.6 Å². The Morgan fingerprint density at radius 1 is 1.37 bits per heavy atom. The number of amides is 2. The van der Waals surface area contributed by atoms with Gasteiger partial charge in [-0.05, 0) is 19.3 Å². The van der Waals surface area contributed by atoms with E-state index in [9.17, 15) is 14.4 Å². The normalized spacial score (nSPS) is 11.6. The number of carboxylic acid groups (broad SMARTS) is 1. The molecule has 0 aliphatic rings. The molecule has 1 atom stereocenters. The van der Waals surface area contributed by atoms with E-state index in [-0.39, 0.29) is 18.7 Å². The van der Waals surface area contributed by atoms with Crippen LogP contribution in [0.3, 0.4) is 0 Å². The van der Waals surface area contributed by atoms with Crippen LogP contribution in [0.1, 0.15) is 25.7 Å². The average molecular weight is 275 g/mol. The van der Waals surface area contributed by atoms with Crippen LogP contribution >= 0.6 is 0 Å². The Bertz CT molecular complexity index is 286. The van der Waals surface area contributed by atoms with Crippen molar-refractivity contribution >= 4 is 18.3 Å². The molecule has 0 aromatic heterocycles. The van der Waals surface area contributed by atoms with Crippen LogP contribution in [0.2, 0.25) is 0 Å². The third-order valence-corrected chi connectivity index (χ3v) is 2.37. The van der Waals surface area contributed by atoms with E-state index in [2.05, 4.69) is 16.1 Å². The molecule has 0 spiro atoms. The first-order valence-electron chi connectivity index (χ1n) is 6.09. The summed E-state index contributed by atoms with van der Waals surface area (Å²) < 4.78 is 0. The van der Waals surface area contributed by atoms with E-state index >= 15 is 0 Å². The van der Waals surface area contributed by atoms with Gasteiger partial charge in [0.25, 0.3) is 0 Å². The molecule has 19 heavy (non-hydrogen) atoms. The Balaban J connectivity index is 3.62. The van der Waals surface area contributed by atoms with Gasteiger partial charge in [0.2, 0.25) is 12.3 Å². The van der Waals surface area contributed by atoms with E-state index < -0.39 is 12.0 Å². The van der Waals surface area contributed by atoms with E-state index in [1.54, 1.807) is 7.05 Å². The number of rotatable bonds is 12. The number of carbonyl (C=O) groups excluding carboxylic acids is 2. The largest absolute Gasteiger partial charge is 0.480 e. The summed E-state index contributed by atoms with van der Waals surface area (Å²) in [5.74, 6) is -1.38. The minimum absolute atomic E-state index is 0.0603. The molecular weight excluding hydrogens is 254 g/mol. The number of nitrogens with one attached hydrogen (secondary N) is 3. The van der Waals surface area contributed by atoms with Crippen LogP contribution in [0.15, 0.2) is 0 Å². The fourth-order valence-electron chi connectivity index (χ4n) is 1.35. The first-order valence-corrected chi connectivity index (χ1v) is 6.09. The molecule has 8 nitrogen and oxygen atoms in total. The van der Waals surface area contributed by atoms with Crippen LogP contribution in [0, 0.1) is 0 Å². The first kappa shape index (κ1) is 17.3. The van der Waals surface area contributed by atoms with Gasteiger partial charge in [-0.2, -0.15) is 0 Å². The molecule has 0 aromatic rings. The van der Waals surface area contributed by atoms with Crippen LogP contribution in [0.5, 0.6) is 0 Å². The molecule has 0 fully saturated rings. The zero-order valence-electron chi connectivity index (χ0n) is 11.0. The molecule has 0 heterocycles. The second kappa shape index (κ2) is 11.4. The van der Waals surface area contributed by atoms with Crippen molar-refractivity contribution in [3.63, 3.8) is 0 Å². The number of hydrogen-bond donors (Lipinski definition) is 4. The van der Waals surface area contributed by atoms with Crippen LogP contribution in [-0.4, -0.2) is 49.6 Å². The van der Waals surface area contributed by atoms with Crippen molar-refractivity contribution in [2.45, 2.75) is 31.7 Å². The molecule has 110 valence electrons. The molecular formula is C11H21N3O5. The predicted molar refractivity (Wildman–Crippen MR) is 67.1 cm³/mol. The molecule has 0 bridgehead atoms. The van der Waals surface area contributed by atoms with Crippen molar-refractivity contribution in [2.75, 3.05) is 20.2 Å². The minimum Gasteiger partial charge on any atom is -0.480 e. The summed E-state index contributed by atoms with van der Waals surface area (Å²) in [4.78, 5) is 37.2. The number of hydrogen-bond acceptors (Lipinski definition) is 5. The van der Waals surface area contributed by atoms with E-state index in [1.165, 1.54) is 0 Å². The fraction of sp³-hybridized carbons (Fsp3) is 0.727. The summed E-state index contributed by atoms with van der Waals surface area (Å²) in [7, 11) is 1.67. The Hall–Kier alpha value is -1.67. The molecule has 0 saturated heterocycles. The van der Waals surface area contributed by atoms with Crippen molar-refractivity contribution in [3.05, 3.63) is 0 Å². The summed E-state index contributed by atoms with van der Waals surface area (Å²) in [6.45, 7) is 1.08. The molecule has 0 radical (unpaired) electrons. The second-order valence-corrected chi connectivity index (χ2v) is 3.82. The lowest BCUT2D eigenvalue weighted by atomic mass is 10.1. The summed E-state index contributed by atoms with van der Waals surface area (Å²) in [6.07, 6.45) is 2.04. The highest BCUT2D eigenvalue weighted by Crippen LogP contribution is 1.97. The third kappa shape index (κ3) is 9.98. The van der Waals surface area contributed by atoms with Crippen molar-refractivity contribution in [1.82, 2.24) is 16.1 Å². The van der Waals surface area contributed by atoms with Gasteiger partial charge in [-0.15, -0.1) is 0 Å². The quantitative estimate of drug-likeness (QED) is 0.206. The van der Waals surface area contributed by atoms with Crippen LogP contribution in [0.4, 0.5) is 0 Å². The topological polar surface area (TPSA) is 117 Å². The number of hydroxylamine groups is 1. The molecule has 0 rings (SSSR count). The molecule has 2 amide bonds. The molecule has 1 unspecified atom stereocenters. The maximum atomic E-state index is 11.4. The van der Waals surface area contributed by atoms with Crippen molar-refractivity contribution in [2.24, 2.45) is 0 Å². The predicted octanol–water partition coefficient (Wildman–Crippen LogP) is -0.987. The number of aliphatic carboxylic acids is 1. The van der Waals surface area contributed by atoms with Gasteiger partial charge in [-0.25, -0.2) is 10.3 Å². The maximum Gasteiger partial charge on any atom is 0.326 e. The number of unbranched alkanes of at least 4 members (excludes halogenated alkanes) is 1. The Morgan fingerprint density at radius 2 is 2.11 bits per heavy atom. The van der Waals surface area contributed by atoms with Crippen LogP contribution < -0.4 is 16.1 Å². The van der Waals surface area contributed by atoms with Gasteiger partial charge in [0.1, 0.15) is 6.04 Å². The summed E-state index contributed by atoms with van der Waals surface area (Å²) in [5, 5.41) is 13.6. The minimum atomic E-state index is -1.15. The summed E-state index contributed by atoms with van der Waals surface area (Å²) in [6, 6.07) is -1.02. The Kier molecular flexibility index (Phi) is 10.4. The maximum absolute atomic E-state index is 11.4. The Labute approximate surface area is 111 Å². The van der Waals surface area contributed by atoms with Gasteiger partial charge in [0.15, 0.2) is 0 Å². The van der Waals surface area contributed by atoms with E-state index in [4.69, 9.17) is 9.94 Å². The van der Waals surface area contributed by atoms with Crippen LogP contribution in [0.25, 0.3) is 0 Å². The molecule has 4 N–H and O–H groups in total. The van der Waals surface area contributed by atoms with Crippen molar-refractivity contribution < 1.29 is 24.3 Å². The highest BCUT2D eigenvalue weighted by molar-refractivity contribution is 5.79. The fourth-order valence-corrected chi connectivity index (χ4v) is 1.35. The molecule has 0 aliphatic heterocycles. The molecule has 0 saturated carbocycles. The molecule has 0 aliphatic carbocycles. The van der Waals surface area contributed by atoms with Gasteiger partial charge in [-0.1, -0.05) is 0 Å². The summed E-state index contributed by atoms with van der Waals surface area (Å²) >= 11 is 0. The lowest BCUT2D eigenvalue weighted by Crippen LogP contribution is -2.37. The summed E-state index contributed by atoms with van der Waals surface area (Å²) in [5.41, 5.74) is 2.54. The Morgan fingerprint density at radius 3 is 2.68 bits per heavy atom. The standard InChI is InChI=1S/C11H21N3O5/c1-12-19-7-3-2-6-13-10(16)5-4-9(11(17)18)14-8-15/h8-9,12H,2-7H2,1H3,(H,13,16)(H,14,15)(H,17,18). The van der Waals surface area contributed by atoms with Crippen molar-refractivity contribution in [1.29, 1.82) is 0 Å². The number of carboxylic acids is 1. The van der Waals surface area contributed by atoms with E-state index in [0.717, 1.165) is 12.8 Å². The third-order valence-electron chi connectivity index (χ3n) is 2.37. The van der Waals surface area contributed by atoms with Crippen LogP contribution in [-0.2, 0) is 19.2 Å². The smallest absolute Gasteiger partial charge is 0.326 e. The molecule has 8 heteroatoms. The van der Waals surface area contributed by atoms with Gasteiger partial charge in [-0.3, -0.25) is 9.59 Å². The average Bonchev–Trinajstić information content (AvgIpc) is 2.38. The van der Waals surface area contributed by atoms with Gasteiger partial charge >= 0.3 is 5.97 Å². The van der Waals surface area contributed by atoms with E-state index in [0.29, 0.717) is 19.6 Å². The van der Waals surface area contributed by atoms with Gasteiger partial charge in [0.05, 0.1) is 6.61 Å². The monoisotopic (exact) mass is 275 g/mol. The van der Waals surface area contributed by atoms with Gasteiger partial charge in [0, 0.05) is 20.0 Å². The first-order chi connectivity index (χ1) is 9.11.